The van der Waals surface area contributed by atoms with Gasteiger partial charge in [0.15, 0.2) is 0 Å². The van der Waals surface area contributed by atoms with E-state index in [2.05, 4.69) is 39.5 Å². The van der Waals surface area contributed by atoms with Crippen LogP contribution in [0.3, 0.4) is 0 Å². The maximum atomic E-state index is 10.0. The molecule has 0 heterocycles. The molecule has 5 atom stereocenters. The molecule has 2 nitrogen and oxygen atoms in total. The first-order chi connectivity index (χ1) is 11.3. The van der Waals surface area contributed by atoms with Crippen LogP contribution in [-0.4, -0.2) is 22.4 Å². The average Bonchev–Trinajstić information content (AvgIpc) is 2.88. The van der Waals surface area contributed by atoms with Gasteiger partial charge in [0, 0.05) is 0 Å². The molecule has 3 aliphatic rings. The van der Waals surface area contributed by atoms with Gasteiger partial charge in [-0.3, -0.25) is 0 Å². The molecule has 0 aliphatic heterocycles. The number of aliphatic hydroxyl groups is 2. The van der Waals surface area contributed by atoms with Crippen molar-refractivity contribution >= 4 is 0 Å². The van der Waals surface area contributed by atoms with Crippen LogP contribution in [0, 0.1) is 23.2 Å². The van der Waals surface area contributed by atoms with Crippen molar-refractivity contribution in [2.75, 3.05) is 0 Å². The fraction of sp³-hybridized carbons (Fsp3) is 0.727. The van der Waals surface area contributed by atoms with Gasteiger partial charge in [0.05, 0.1) is 12.2 Å². The Morgan fingerprint density at radius 1 is 1.12 bits per heavy atom. The Bertz CT molecular complexity index is 540. The SMILES string of the molecule is C=C1C(O)CC(=C/C=C2\CCC[C@@]3(C)C2CCC3C(C)C)C[C@H]1O. The van der Waals surface area contributed by atoms with Crippen LogP contribution in [0.15, 0.2) is 35.5 Å². The molecule has 0 aromatic heterocycles. The van der Waals surface area contributed by atoms with Crippen LogP contribution in [0.2, 0.25) is 0 Å². The van der Waals surface area contributed by atoms with Crippen LogP contribution in [0.4, 0.5) is 0 Å². The zero-order valence-corrected chi connectivity index (χ0v) is 15.6. The Kier molecular flexibility index (Phi) is 5.09. The molecule has 3 unspecified atom stereocenters. The van der Waals surface area contributed by atoms with Crippen molar-refractivity contribution in [3.05, 3.63) is 35.5 Å². The van der Waals surface area contributed by atoms with E-state index in [-0.39, 0.29) is 0 Å². The molecule has 134 valence electrons. The summed E-state index contributed by atoms with van der Waals surface area (Å²) in [5, 5.41) is 20.0. The molecule has 0 spiro atoms. The fourth-order valence-electron chi connectivity index (χ4n) is 5.80. The molecule has 3 rings (SSSR count). The molecule has 3 fully saturated rings. The Labute approximate surface area is 147 Å². The Hall–Kier alpha value is -0.860. The lowest BCUT2D eigenvalue weighted by atomic mass is 9.61. The summed E-state index contributed by atoms with van der Waals surface area (Å²) >= 11 is 0. The number of fused-ring (bicyclic) bond motifs is 1. The van der Waals surface area contributed by atoms with Gasteiger partial charge in [-0.1, -0.05) is 50.6 Å². The highest BCUT2D eigenvalue weighted by Gasteiger charge is 2.49. The summed E-state index contributed by atoms with van der Waals surface area (Å²) in [5.41, 5.74) is 3.80. The van der Waals surface area contributed by atoms with E-state index in [0.717, 1.165) is 23.3 Å². The van der Waals surface area contributed by atoms with Crippen LogP contribution < -0.4 is 0 Å². The molecule has 3 saturated carbocycles. The van der Waals surface area contributed by atoms with Gasteiger partial charge in [-0.25, -0.2) is 0 Å². The first-order valence-corrected chi connectivity index (χ1v) is 9.76. The molecule has 2 heteroatoms. The maximum Gasteiger partial charge on any atom is 0.0809 e. The molecular weight excluding hydrogens is 296 g/mol. The smallest absolute Gasteiger partial charge is 0.0809 e. The number of hydrogen-bond acceptors (Lipinski definition) is 2. The minimum Gasteiger partial charge on any atom is -0.388 e. The minimum atomic E-state index is -0.591. The highest BCUT2D eigenvalue weighted by molar-refractivity contribution is 5.29. The van der Waals surface area contributed by atoms with E-state index in [9.17, 15) is 10.2 Å². The van der Waals surface area contributed by atoms with E-state index >= 15 is 0 Å². The number of rotatable bonds is 2. The van der Waals surface area contributed by atoms with Gasteiger partial charge in [-0.2, -0.15) is 0 Å². The summed E-state index contributed by atoms with van der Waals surface area (Å²) in [6, 6.07) is 0. The van der Waals surface area contributed by atoms with E-state index in [4.69, 9.17) is 0 Å². The van der Waals surface area contributed by atoms with Crippen LogP contribution in [-0.2, 0) is 0 Å². The van der Waals surface area contributed by atoms with Crippen molar-refractivity contribution in [2.45, 2.75) is 77.9 Å². The quantitative estimate of drug-likeness (QED) is 0.715. The average molecular weight is 331 g/mol. The first-order valence-electron chi connectivity index (χ1n) is 9.76. The summed E-state index contributed by atoms with van der Waals surface area (Å²) in [6.07, 6.45) is 11.1. The predicted molar refractivity (Wildman–Crippen MR) is 99.6 cm³/mol. The second-order valence-corrected chi connectivity index (χ2v) is 8.92. The van der Waals surface area contributed by atoms with E-state index < -0.39 is 12.2 Å². The van der Waals surface area contributed by atoms with Crippen LogP contribution in [0.25, 0.3) is 0 Å². The third-order valence-electron chi connectivity index (χ3n) is 7.14. The Morgan fingerprint density at radius 3 is 2.42 bits per heavy atom. The Morgan fingerprint density at radius 2 is 1.79 bits per heavy atom. The fourth-order valence-corrected chi connectivity index (χ4v) is 5.80. The van der Waals surface area contributed by atoms with E-state index in [1.165, 1.54) is 32.1 Å². The number of allylic oxidation sites excluding steroid dienone is 3. The van der Waals surface area contributed by atoms with Crippen LogP contribution >= 0.6 is 0 Å². The van der Waals surface area contributed by atoms with Crippen molar-refractivity contribution in [1.82, 2.24) is 0 Å². The largest absolute Gasteiger partial charge is 0.388 e. The predicted octanol–water partition coefficient (Wildman–Crippen LogP) is 4.78. The summed E-state index contributed by atoms with van der Waals surface area (Å²) in [6.45, 7) is 11.1. The lowest BCUT2D eigenvalue weighted by Crippen LogP contribution is -2.35. The second kappa shape index (κ2) is 6.80. The van der Waals surface area contributed by atoms with Gasteiger partial charge < -0.3 is 10.2 Å². The van der Waals surface area contributed by atoms with Crippen molar-refractivity contribution in [2.24, 2.45) is 23.2 Å². The lowest BCUT2D eigenvalue weighted by Gasteiger charge is -2.43. The summed E-state index contributed by atoms with van der Waals surface area (Å²) in [5.74, 6) is 2.34. The van der Waals surface area contributed by atoms with Gasteiger partial charge >= 0.3 is 0 Å². The molecule has 0 aromatic carbocycles. The highest BCUT2D eigenvalue weighted by Crippen LogP contribution is 2.59. The lowest BCUT2D eigenvalue weighted by molar-refractivity contribution is 0.104. The van der Waals surface area contributed by atoms with Crippen LogP contribution in [0.1, 0.15) is 65.7 Å². The van der Waals surface area contributed by atoms with Gasteiger partial charge in [0.1, 0.15) is 0 Å². The standard InChI is InChI=1S/C22H34O2/c1-14(2)18-9-10-19-17(6-5-11-22(18,19)4)8-7-16-12-20(23)15(3)21(24)13-16/h7-8,14,18-21,23-24H,3,5-6,9-13H2,1-2,4H3/b16-7?,17-8+/t18?,19?,20-,21?,22-/m1/s1. The van der Waals surface area contributed by atoms with Gasteiger partial charge in [-0.05, 0) is 73.7 Å². The second-order valence-electron chi connectivity index (χ2n) is 8.92. The van der Waals surface area contributed by atoms with Gasteiger partial charge in [-0.15, -0.1) is 0 Å². The van der Waals surface area contributed by atoms with Gasteiger partial charge in [0.25, 0.3) is 0 Å². The molecule has 0 radical (unpaired) electrons. The van der Waals surface area contributed by atoms with Crippen LogP contribution in [0.5, 0.6) is 0 Å². The van der Waals surface area contributed by atoms with E-state index in [1.54, 1.807) is 5.57 Å². The third kappa shape index (κ3) is 3.15. The van der Waals surface area contributed by atoms with Crippen molar-refractivity contribution in [3.63, 3.8) is 0 Å². The molecule has 0 bridgehead atoms. The van der Waals surface area contributed by atoms with E-state index in [0.29, 0.717) is 23.8 Å². The number of aliphatic hydroxyl groups excluding tert-OH is 2. The molecule has 0 saturated heterocycles. The Balaban J connectivity index is 1.78. The molecule has 0 aromatic rings. The maximum absolute atomic E-state index is 10.0. The molecule has 2 N–H and O–H groups in total. The topological polar surface area (TPSA) is 40.5 Å². The number of hydrogen-bond donors (Lipinski definition) is 2. The summed E-state index contributed by atoms with van der Waals surface area (Å²) in [7, 11) is 0. The zero-order chi connectivity index (χ0) is 17.5. The summed E-state index contributed by atoms with van der Waals surface area (Å²) < 4.78 is 0. The van der Waals surface area contributed by atoms with Crippen molar-refractivity contribution in [3.8, 4) is 0 Å². The van der Waals surface area contributed by atoms with Gasteiger partial charge in [0.2, 0.25) is 0 Å². The molecular formula is C22H34O2. The summed E-state index contributed by atoms with van der Waals surface area (Å²) in [4.78, 5) is 0. The third-order valence-corrected chi connectivity index (χ3v) is 7.14. The monoisotopic (exact) mass is 330 g/mol. The normalized spacial score (nSPS) is 43.7. The molecule has 0 amide bonds. The highest BCUT2D eigenvalue weighted by atomic mass is 16.3. The van der Waals surface area contributed by atoms with Crippen molar-refractivity contribution in [1.29, 1.82) is 0 Å². The minimum absolute atomic E-state index is 0.469. The first kappa shape index (κ1) is 17.9. The van der Waals surface area contributed by atoms with Crippen molar-refractivity contribution < 1.29 is 10.2 Å². The zero-order valence-electron chi connectivity index (χ0n) is 15.6. The molecule has 3 aliphatic carbocycles. The molecule has 24 heavy (non-hydrogen) atoms. The van der Waals surface area contributed by atoms with E-state index in [1.807, 2.05) is 0 Å².